The molecule has 2 fully saturated rings. The van der Waals surface area contributed by atoms with Gasteiger partial charge < -0.3 is 29.5 Å². The first-order chi connectivity index (χ1) is 39.1. The Hall–Kier alpha value is -7.48. The fourth-order valence-corrected chi connectivity index (χ4v) is 11.2. The summed E-state index contributed by atoms with van der Waals surface area (Å²) < 4.78 is 97.5. The van der Waals surface area contributed by atoms with Gasteiger partial charge >= 0.3 is 12.4 Å². The lowest BCUT2D eigenvalue weighted by Gasteiger charge is -2.43. The number of hydrogen-bond acceptors (Lipinski definition) is 14. The van der Waals surface area contributed by atoms with Crippen molar-refractivity contribution < 1.29 is 55.6 Å². The Morgan fingerprint density at radius 1 is 0.610 bits per heavy atom. The second-order valence-corrected chi connectivity index (χ2v) is 20.5. The highest BCUT2D eigenvalue weighted by Crippen LogP contribution is 2.40. The number of benzene rings is 2. The van der Waals surface area contributed by atoms with Crippen molar-refractivity contribution >= 4 is 46.3 Å². The Balaban J connectivity index is 0.000000198. The number of pyridine rings is 2. The predicted molar refractivity (Wildman–Crippen MR) is 292 cm³/mol. The van der Waals surface area contributed by atoms with Crippen molar-refractivity contribution in [2.24, 2.45) is 0 Å². The molecule has 0 saturated carbocycles. The third-order valence-electron chi connectivity index (χ3n) is 14.9. The minimum atomic E-state index is -4.75. The van der Waals surface area contributed by atoms with Crippen molar-refractivity contribution in [3.05, 3.63) is 153 Å². The molecule has 18 nitrogen and oxygen atoms in total. The number of aliphatic hydroxyl groups excluding tert-OH is 2. The fourth-order valence-electron chi connectivity index (χ4n) is 10.7. The van der Waals surface area contributed by atoms with Crippen LogP contribution >= 0.6 is 23.2 Å². The first kappa shape index (κ1) is 59.2. The molecule has 2 aliphatic rings. The lowest BCUT2D eigenvalue weighted by molar-refractivity contribution is -0.144. The molecule has 4 atom stereocenters. The number of alkyl halides is 6. The van der Waals surface area contributed by atoms with Crippen LogP contribution in [0, 0.1) is 13.8 Å². The Morgan fingerprint density at radius 2 is 0.976 bits per heavy atom. The zero-order chi connectivity index (χ0) is 58.9. The monoisotopic (exact) mass is 1180 g/mol. The van der Waals surface area contributed by atoms with E-state index in [0.29, 0.717) is 79.3 Å². The lowest BCUT2D eigenvalue weighted by Crippen LogP contribution is -2.55. The molecule has 6 aromatic heterocycles. The number of halogens is 8. The van der Waals surface area contributed by atoms with Gasteiger partial charge in [0.05, 0.1) is 63.3 Å². The molecule has 0 radical (unpaired) electrons. The number of nitrogens with zero attached hydrogens (tertiary/aromatic N) is 12. The number of rotatable bonds is 12. The van der Waals surface area contributed by atoms with Gasteiger partial charge in [-0.05, 0) is 88.4 Å². The summed E-state index contributed by atoms with van der Waals surface area (Å²) in [5.74, 6) is 0.145. The molecule has 2 N–H and O–H groups in total. The van der Waals surface area contributed by atoms with Crippen LogP contribution in [-0.4, -0.2) is 160 Å². The summed E-state index contributed by atoms with van der Waals surface area (Å²) in [5, 5.41) is 28.7. The normalized spacial score (nSPS) is 17.2. The molecule has 0 spiro atoms. The summed E-state index contributed by atoms with van der Waals surface area (Å²) in [6, 6.07) is 18.6. The summed E-state index contributed by atoms with van der Waals surface area (Å²) in [5.41, 5.74) is -0.178. The number of fused-ring (bicyclic) bond motifs is 2. The highest BCUT2D eigenvalue weighted by Gasteiger charge is 2.42. The molecule has 0 bridgehead atoms. The first-order valence-corrected chi connectivity index (χ1v) is 26.6. The van der Waals surface area contributed by atoms with Crippen LogP contribution in [0.5, 0.6) is 11.5 Å². The number of piperazine rings is 2. The lowest BCUT2D eigenvalue weighted by atomic mass is 10.0. The van der Waals surface area contributed by atoms with Gasteiger partial charge in [0.25, 0.3) is 11.8 Å². The van der Waals surface area contributed by atoms with Crippen molar-refractivity contribution in [1.82, 2.24) is 58.8 Å². The SMILES string of the molecule is COc1ccc(-c2nc3c(C(=O)N4CCN([C@@H](CO)c5cccnc5Cl)C[C@H]4C)cnn3c(C(F)(F)F)c2C)cc1.COc1ccc(-c2nc3c(C(=O)N4CCN([C@H](CO)c5cccnc5Cl)C[C@H]4C)cnn3c(C(F)(F)F)c2C)cc1. The fraction of sp³-hybridized carbons (Fsp3) is 0.357. The number of aliphatic hydroxyl groups is 2. The smallest absolute Gasteiger partial charge is 0.433 e. The highest BCUT2D eigenvalue weighted by atomic mass is 35.5. The second kappa shape index (κ2) is 24.2. The van der Waals surface area contributed by atoms with Crippen LogP contribution in [0.4, 0.5) is 26.3 Å². The van der Waals surface area contributed by atoms with E-state index in [4.69, 9.17) is 32.7 Å². The number of hydrogen-bond donors (Lipinski definition) is 2. The number of aromatic nitrogens is 8. The zero-order valence-corrected chi connectivity index (χ0v) is 46.6. The van der Waals surface area contributed by atoms with E-state index in [2.05, 4.69) is 30.1 Å². The van der Waals surface area contributed by atoms with Gasteiger partial charge in [-0.25, -0.2) is 29.0 Å². The summed E-state index contributed by atoms with van der Waals surface area (Å²) in [7, 11) is 2.99. The molecule has 26 heteroatoms. The summed E-state index contributed by atoms with van der Waals surface area (Å²) in [6.45, 7) is 8.13. The maximum atomic E-state index is 14.3. The molecule has 0 unspecified atom stereocenters. The topological polar surface area (TPSA) is 192 Å². The molecule has 82 heavy (non-hydrogen) atoms. The molecule has 8 aromatic rings. The maximum Gasteiger partial charge on any atom is 0.433 e. The molecule has 10 rings (SSSR count). The van der Waals surface area contributed by atoms with Crippen molar-refractivity contribution in [3.8, 4) is 34.0 Å². The largest absolute Gasteiger partial charge is 0.497 e. The number of amides is 2. The molecule has 432 valence electrons. The predicted octanol–water partition coefficient (Wildman–Crippen LogP) is 9.32. The minimum absolute atomic E-state index is 0.0282. The third kappa shape index (κ3) is 11.6. The molecule has 8 heterocycles. The van der Waals surface area contributed by atoms with Crippen LogP contribution in [0.3, 0.4) is 0 Å². The Morgan fingerprint density at radius 3 is 1.28 bits per heavy atom. The van der Waals surface area contributed by atoms with Gasteiger partial charge in [0.1, 0.15) is 32.9 Å². The van der Waals surface area contributed by atoms with Crippen molar-refractivity contribution in [3.63, 3.8) is 0 Å². The van der Waals surface area contributed by atoms with E-state index in [1.807, 2.05) is 23.6 Å². The standard InChI is InChI=1S/2C28H28ClF3N6O3/c2*1-16-14-36(22(15-39)20-5-4-10-33-25(20)29)11-12-37(16)27(40)21-13-34-38-24(28(30,31)32)17(2)23(35-26(21)38)18-6-8-19(41-3)9-7-18/h2*4-10,13,16,22,39H,11-12,14-15H2,1-3H3/t16-,22+;16-,22-/m11/s1. The zero-order valence-electron chi connectivity index (χ0n) is 45.1. The van der Waals surface area contributed by atoms with Gasteiger partial charge in [-0.2, -0.15) is 36.5 Å². The molecule has 2 aliphatic heterocycles. The van der Waals surface area contributed by atoms with Crippen LogP contribution in [0.25, 0.3) is 33.8 Å². The Bertz CT molecular complexity index is 3390. The molecule has 2 amide bonds. The van der Waals surface area contributed by atoms with Crippen molar-refractivity contribution in [1.29, 1.82) is 0 Å². The van der Waals surface area contributed by atoms with E-state index in [1.54, 1.807) is 95.0 Å². The van der Waals surface area contributed by atoms with Gasteiger partial charge in [0, 0.05) is 97.1 Å². The number of carbonyl (C=O) groups excluding carboxylic acids is 2. The van der Waals surface area contributed by atoms with Crippen LogP contribution < -0.4 is 9.47 Å². The van der Waals surface area contributed by atoms with Gasteiger partial charge in [-0.3, -0.25) is 19.4 Å². The second-order valence-electron chi connectivity index (χ2n) is 19.8. The van der Waals surface area contributed by atoms with Gasteiger partial charge in [0.2, 0.25) is 0 Å². The van der Waals surface area contributed by atoms with Gasteiger partial charge in [0.15, 0.2) is 22.7 Å². The molecular weight excluding hydrogens is 1120 g/mol. The molecular formula is C56H56Cl2F6N12O6. The number of carbonyl (C=O) groups is 2. The summed E-state index contributed by atoms with van der Waals surface area (Å²) in [6.07, 6.45) is -4.08. The molecule has 2 aromatic carbocycles. The van der Waals surface area contributed by atoms with E-state index in [0.717, 1.165) is 12.4 Å². The van der Waals surface area contributed by atoms with Crippen LogP contribution in [0.15, 0.2) is 97.6 Å². The average molecular weight is 1180 g/mol. The van der Waals surface area contributed by atoms with E-state index in [1.165, 1.54) is 28.1 Å². The van der Waals surface area contributed by atoms with Gasteiger partial charge in [-0.1, -0.05) is 35.3 Å². The Kier molecular flexibility index (Phi) is 17.4. The quantitative estimate of drug-likeness (QED) is 0.0869. The van der Waals surface area contributed by atoms with Crippen LogP contribution in [0.1, 0.15) is 80.3 Å². The number of ether oxygens (including phenoxy) is 2. The highest BCUT2D eigenvalue weighted by molar-refractivity contribution is 6.30. The minimum Gasteiger partial charge on any atom is -0.497 e. The van der Waals surface area contributed by atoms with Crippen LogP contribution in [0.2, 0.25) is 10.3 Å². The molecule has 0 aliphatic carbocycles. The third-order valence-corrected chi connectivity index (χ3v) is 15.5. The van der Waals surface area contributed by atoms with E-state index >= 15 is 0 Å². The summed E-state index contributed by atoms with van der Waals surface area (Å²) in [4.78, 5) is 52.0. The van der Waals surface area contributed by atoms with E-state index < -0.39 is 47.6 Å². The number of methoxy groups -OCH3 is 2. The van der Waals surface area contributed by atoms with Crippen molar-refractivity contribution in [2.75, 3.05) is 66.7 Å². The van der Waals surface area contributed by atoms with Gasteiger partial charge in [-0.15, -0.1) is 0 Å². The molecule has 2 saturated heterocycles. The average Bonchev–Trinajstić information content (AvgIpc) is 3.93. The van der Waals surface area contributed by atoms with Crippen LogP contribution in [-0.2, 0) is 12.4 Å². The van der Waals surface area contributed by atoms with Crippen molar-refractivity contribution in [2.45, 2.75) is 64.2 Å². The van der Waals surface area contributed by atoms with E-state index in [-0.39, 0.29) is 83.3 Å². The first-order valence-electron chi connectivity index (χ1n) is 25.8. The van der Waals surface area contributed by atoms with E-state index in [9.17, 15) is 46.1 Å². The summed E-state index contributed by atoms with van der Waals surface area (Å²) >= 11 is 12.5. The maximum absolute atomic E-state index is 14.3. The Labute approximate surface area is 476 Å².